The second-order valence-electron chi connectivity index (χ2n) is 7.49. The molecule has 0 bridgehead atoms. The summed E-state index contributed by atoms with van der Waals surface area (Å²) in [6.07, 6.45) is 4.89. The molecule has 3 heterocycles. The van der Waals surface area contributed by atoms with Crippen LogP contribution in [0.1, 0.15) is 29.3 Å². The lowest BCUT2D eigenvalue weighted by molar-refractivity contribution is 0.0529. The average molecular weight is 393 g/mol. The molecule has 0 N–H and O–H groups in total. The summed E-state index contributed by atoms with van der Waals surface area (Å²) in [5.74, 6) is 1.75. The maximum atomic E-state index is 13.0. The molecule has 2 aliphatic heterocycles. The molecular weight excluding hydrogens is 366 g/mol. The molecule has 4 rings (SSSR count). The Labute approximate surface area is 171 Å². The number of methoxy groups -OCH3 is 1. The van der Waals surface area contributed by atoms with Crippen LogP contribution < -0.4 is 9.64 Å². The maximum Gasteiger partial charge on any atom is 0.254 e. The molecule has 152 valence electrons. The first-order valence-electron chi connectivity index (χ1n) is 10.1. The van der Waals surface area contributed by atoms with Crippen molar-refractivity contribution < 1.29 is 14.3 Å². The Hall–Kier alpha value is -2.86. The molecule has 1 amide bonds. The van der Waals surface area contributed by atoms with E-state index in [1.807, 2.05) is 23.1 Å². The number of aromatic nitrogens is 1. The van der Waals surface area contributed by atoms with Crippen molar-refractivity contribution in [1.29, 1.82) is 0 Å². The summed E-state index contributed by atoms with van der Waals surface area (Å²) in [5, 5.41) is 0. The van der Waals surface area contributed by atoms with Crippen molar-refractivity contribution in [2.24, 2.45) is 0 Å². The van der Waals surface area contributed by atoms with Gasteiger partial charge in [0.15, 0.2) is 0 Å². The standard InChI is InChI=1S/C23H27N3O3/c1-17-16-26(13-14-29-17)22-15-20(7-10-24-22)23(27)25-11-8-19(9-12-25)18-3-5-21(28-2)6-4-18/h3-8,10,15,17H,9,11-14,16H2,1-2H3/t17-/m1/s1. The van der Waals surface area contributed by atoms with Crippen LogP contribution in [0.5, 0.6) is 5.75 Å². The fourth-order valence-electron chi connectivity index (χ4n) is 3.85. The fraction of sp³-hybridized carbons (Fsp3) is 0.391. The molecule has 1 atom stereocenters. The van der Waals surface area contributed by atoms with Gasteiger partial charge in [0.2, 0.25) is 0 Å². The van der Waals surface area contributed by atoms with Crippen molar-refractivity contribution in [2.45, 2.75) is 19.4 Å². The Balaban J connectivity index is 1.44. The number of carbonyl (C=O) groups excluding carboxylic acids is 1. The summed E-state index contributed by atoms with van der Waals surface area (Å²) in [4.78, 5) is 21.6. The minimum atomic E-state index is 0.0555. The number of anilines is 1. The highest BCUT2D eigenvalue weighted by atomic mass is 16.5. The molecule has 29 heavy (non-hydrogen) atoms. The predicted molar refractivity (Wildman–Crippen MR) is 113 cm³/mol. The Bertz CT molecular complexity index is 894. The number of amides is 1. The zero-order chi connectivity index (χ0) is 20.2. The highest BCUT2D eigenvalue weighted by Gasteiger charge is 2.22. The molecule has 1 aromatic heterocycles. The van der Waals surface area contributed by atoms with Gasteiger partial charge in [0.05, 0.1) is 19.8 Å². The van der Waals surface area contributed by atoms with Crippen LogP contribution in [0, 0.1) is 0 Å². The Kier molecular flexibility index (Phi) is 5.81. The van der Waals surface area contributed by atoms with Crippen LogP contribution in [0.4, 0.5) is 5.82 Å². The monoisotopic (exact) mass is 393 g/mol. The lowest BCUT2D eigenvalue weighted by Crippen LogP contribution is -2.41. The number of morpholine rings is 1. The number of benzene rings is 1. The van der Waals surface area contributed by atoms with E-state index < -0.39 is 0 Å². The van der Waals surface area contributed by atoms with Crippen LogP contribution in [0.15, 0.2) is 48.7 Å². The number of hydrogen-bond donors (Lipinski definition) is 0. The number of carbonyl (C=O) groups is 1. The normalized spacial score (nSPS) is 19.7. The number of pyridine rings is 1. The minimum absolute atomic E-state index is 0.0555. The third-order valence-electron chi connectivity index (χ3n) is 5.51. The Morgan fingerprint density at radius 2 is 2.03 bits per heavy atom. The van der Waals surface area contributed by atoms with Gasteiger partial charge in [-0.1, -0.05) is 18.2 Å². The van der Waals surface area contributed by atoms with Crippen LogP contribution in [0.2, 0.25) is 0 Å². The molecule has 0 spiro atoms. The highest BCUT2D eigenvalue weighted by molar-refractivity contribution is 5.95. The van der Waals surface area contributed by atoms with E-state index in [0.29, 0.717) is 25.3 Å². The van der Waals surface area contributed by atoms with Gasteiger partial charge in [-0.25, -0.2) is 4.98 Å². The van der Waals surface area contributed by atoms with Crippen molar-refractivity contribution >= 4 is 17.3 Å². The first kappa shape index (κ1) is 19.5. The molecule has 6 nitrogen and oxygen atoms in total. The zero-order valence-corrected chi connectivity index (χ0v) is 17.0. The quantitative estimate of drug-likeness (QED) is 0.798. The van der Waals surface area contributed by atoms with Crippen molar-refractivity contribution in [3.05, 3.63) is 59.8 Å². The van der Waals surface area contributed by atoms with Crippen LogP contribution >= 0.6 is 0 Å². The van der Waals surface area contributed by atoms with Crippen LogP contribution in [-0.4, -0.2) is 61.8 Å². The minimum Gasteiger partial charge on any atom is -0.497 e. The van der Waals surface area contributed by atoms with Gasteiger partial charge in [0.1, 0.15) is 11.6 Å². The molecular formula is C23H27N3O3. The summed E-state index contributed by atoms with van der Waals surface area (Å²) in [7, 11) is 1.67. The van der Waals surface area contributed by atoms with Gasteiger partial charge in [0, 0.05) is 37.9 Å². The van der Waals surface area contributed by atoms with Crippen LogP contribution in [0.25, 0.3) is 5.57 Å². The summed E-state index contributed by atoms with van der Waals surface area (Å²) < 4.78 is 10.8. The second kappa shape index (κ2) is 8.66. The third kappa shape index (κ3) is 4.43. The average Bonchev–Trinajstić information content (AvgIpc) is 2.79. The molecule has 2 aromatic rings. The Morgan fingerprint density at radius 3 is 2.72 bits per heavy atom. The number of rotatable bonds is 4. The van der Waals surface area contributed by atoms with E-state index in [1.165, 1.54) is 11.1 Å². The lowest BCUT2D eigenvalue weighted by Gasteiger charge is -2.32. The van der Waals surface area contributed by atoms with Gasteiger partial charge in [-0.05, 0) is 48.7 Å². The fourth-order valence-corrected chi connectivity index (χ4v) is 3.85. The van der Waals surface area contributed by atoms with E-state index in [1.54, 1.807) is 19.4 Å². The van der Waals surface area contributed by atoms with Gasteiger partial charge < -0.3 is 19.3 Å². The van der Waals surface area contributed by atoms with E-state index in [-0.39, 0.29) is 12.0 Å². The molecule has 1 saturated heterocycles. The van der Waals surface area contributed by atoms with Gasteiger partial charge >= 0.3 is 0 Å². The Morgan fingerprint density at radius 1 is 1.21 bits per heavy atom. The first-order chi connectivity index (χ1) is 14.1. The highest BCUT2D eigenvalue weighted by Crippen LogP contribution is 2.25. The zero-order valence-electron chi connectivity index (χ0n) is 17.0. The molecule has 0 unspecified atom stereocenters. The van der Waals surface area contributed by atoms with Gasteiger partial charge in [-0.2, -0.15) is 0 Å². The number of ether oxygens (including phenoxy) is 2. The third-order valence-corrected chi connectivity index (χ3v) is 5.51. The van der Waals surface area contributed by atoms with Gasteiger partial charge in [-0.15, -0.1) is 0 Å². The van der Waals surface area contributed by atoms with Crippen LogP contribution in [-0.2, 0) is 4.74 Å². The molecule has 0 radical (unpaired) electrons. The maximum absolute atomic E-state index is 13.0. The van der Waals surface area contributed by atoms with E-state index in [4.69, 9.17) is 9.47 Å². The summed E-state index contributed by atoms with van der Waals surface area (Å²) in [6, 6.07) is 11.8. The van der Waals surface area contributed by atoms with Gasteiger partial charge in [0.25, 0.3) is 5.91 Å². The molecule has 0 aliphatic carbocycles. The first-order valence-corrected chi connectivity index (χ1v) is 10.1. The summed E-state index contributed by atoms with van der Waals surface area (Å²) in [6.45, 7) is 5.66. The molecule has 6 heteroatoms. The molecule has 2 aliphatic rings. The second-order valence-corrected chi connectivity index (χ2v) is 7.49. The SMILES string of the molecule is COc1ccc(C2=CCN(C(=O)c3ccnc(N4CCO[C@H](C)C4)c3)CC2)cc1. The predicted octanol–water partition coefficient (Wildman–Crippen LogP) is 3.24. The van der Waals surface area contributed by atoms with Crippen molar-refractivity contribution in [3.8, 4) is 5.75 Å². The summed E-state index contributed by atoms with van der Waals surface area (Å²) in [5.41, 5.74) is 3.15. The molecule has 0 saturated carbocycles. The molecule has 1 fully saturated rings. The lowest BCUT2D eigenvalue weighted by atomic mass is 9.99. The molecule has 1 aromatic carbocycles. The van der Waals surface area contributed by atoms with E-state index >= 15 is 0 Å². The van der Waals surface area contributed by atoms with Crippen molar-refractivity contribution in [3.63, 3.8) is 0 Å². The van der Waals surface area contributed by atoms with E-state index in [2.05, 4.69) is 35.0 Å². The van der Waals surface area contributed by atoms with E-state index in [9.17, 15) is 4.79 Å². The van der Waals surface area contributed by atoms with E-state index in [0.717, 1.165) is 31.1 Å². The van der Waals surface area contributed by atoms with Crippen LogP contribution in [0.3, 0.4) is 0 Å². The topological polar surface area (TPSA) is 54.9 Å². The summed E-state index contributed by atoms with van der Waals surface area (Å²) >= 11 is 0. The van der Waals surface area contributed by atoms with Crippen molar-refractivity contribution in [2.75, 3.05) is 44.8 Å². The smallest absolute Gasteiger partial charge is 0.254 e. The number of hydrogen-bond acceptors (Lipinski definition) is 5. The van der Waals surface area contributed by atoms with Crippen molar-refractivity contribution in [1.82, 2.24) is 9.88 Å². The number of nitrogens with zero attached hydrogens (tertiary/aromatic N) is 3. The largest absolute Gasteiger partial charge is 0.497 e. The van der Waals surface area contributed by atoms with Gasteiger partial charge in [-0.3, -0.25) is 4.79 Å².